The maximum absolute atomic E-state index is 11.0. The summed E-state index contributed by atoms with van der Waals surface area (Å²) in [5, 5.41) is 26.2. The predicted molar refractivity (Wildman–Crippen MR) is 64.4 cm³/mol. The van der Waals surface area contributed by atoms with Gasteiger partial charge in [0.15, 0.2) is 0 Å². The van der Waals surface area contributed by atoms with Gasteiger partial charge in [0, 0.05) is 12.1 Å². The van der Waals surface area contributed by atoms with Crippen LogP contribution < -0.4 is 0 Å². The van der Waals surface area contributed by atoms with Gasteiger partial charge in [0.1, 0.15) is 11.3 Å². The number of carboxylic acid groups (broad SMARTS) is 1. The van der Waals surface area contributed by atoms with Crippen molar-refractivity contribution in [2.75, 3.05) is 0 Å². The van der Waals surface area contributed by atoms with Crippen molar-refractivity contribution in [3.05, 3.63) is 30.0 Å². The van der Waals surface area contributed by atoms with Gasteiger partial charge in [0.2, 0.25) is 0 Å². The molecule has 2 N–H and O–H groups in total. The van der Waals surface area contributed by atoms with Gasteiger partial charge in [-0.05, 0) is 24.6 Å². The maximum atomic E-state index is 11.0. The Balaban J connectivity index is 2.47. The molecule has 0 atom stereocenters. The van der Waals surface area contributed by atoms with Gasteiger partial charge in [0.25, 0.3) is 0 Å². The van der Waals surface area contributed by atoms with Crippen LogP contribution in [0.4, 0.5) is 0 Å². The SMILES string of the molecule is CCCn1nncc1-c1ccc(O)c(C(=O)O)c1. The van der Waals surface area contributed by atoms with E-state index in [4.69, 9.17) is 5.11 Å². The number of carbonyl (C=O) groups is 1. The molecular weight excluding hydrogens is 234 g/mol. The number of benzene rings is 1. The number of hydrogen-bond acceptors (Lipinski definition) is 4. The van der Waals surface area contributed by atoms with Crippen molar-refractivity contribution in [2.24, 2.45) is 0 Å². The smallest absolute Gasteiger partial charge is 0.339 e. The number of aromatic carboxylic acids is 1. The molecule has 6 heteroatoms. The van der Waals surface area contributed by atoms with E-state index in [-0.39, 0.29) is 11.3 Å². The van der Waals surface area contributed by atoms with Crippen LogP contribution in [0.5, 0.6) is 5.75 Å². The highest BCUT2D eigenvalue weighted by molar-refractivity contribution is 5.92. The molecule has 0 spiro atoms. The monoisotopic (exact) mass is 247 g/mol. The van der Waals surface area contributed by atoms with E-state index >= 15 is 0 Å². The zero-order valence-electron chi connectivity index (χ0n) is 9.87. The van der Waals surface area contributed by atoms with Crippen molar-refractivity contribution in [3.8, 4) is 17.0 Å². The van der Waals surface area contributed by atoms with Gasteiger partial charge in [-0.2, -0.15) is 0 Å². The second-order valence-electron chi connectivity index (χ2n) is 3.88. The molecule has 6 nitrogen and oxygen atoms in total. The Morgan fingerprint density at radius 3 is 2.89 bits per heavy atom. The van der Waals surface area contributed by atoms with Crippen LogP contribution in [0, 0.1) is 0 Å². The molecule has 18 heavy (non-hydrogen) atoms. The lowest BCUT2D eigenvalue weighted by Gasteiger charge is -2.06. The van der Waals surface area contributed by atoms with E-state index in [0.29, 0.717) is 12.1 Å². The van der Waals surface area contributed by atoms with Gasteiger partial charge in [-0.1, -0.05) is 12.1 Å². The predicted octanol–water partition coefficient (Wildman–Crippen LogP) is 1.76. The first-order chi connectivity index (χ1) is 8.63. The Hall–Kier alpha value is -2.37. The van der Waals surface area contributed by atoms with Crippen LogP contribution in [0.1, 0.15) is 23.7 Å². The van der Waals surface area contributed by atoms with Gasteiger partial charge in [-0.3, -0.25) is 0 Å². The summed E-state index contributed by atoms with van der Waals surface area (Å²) in [4.78, 5) is 11.0. The lowest BCUT2D eigenvalue weighted by molar-refractivity contribution is 0.0694. The first-order valence-corrected chi connectivity index (χ1v) is 5.58. The quantitative estimate of drug-likeness (QED) is 0.859. The lowest BCUT2D eigenvalue weighted by atomic mass is 10.1. The van der Waals surface area contributed by atoms with Crippen molar-refractivity contribution >= 4 is 5.97 Å². The fraction of sp³-hybridized carbons (Fsp3) is 0.250. The molecule has 0 aliphatic carbocycles. The van der Waals surface area contributed by atoms with Crippen molar-refractivity contribution in [2.45, 2.75) is 19.9 Å². The standard InChI is InChI=1S/C12H13N3O3/c1-2-5-15-10(7-13-14-15)8-3-4-11(16)9(6-8)12(17)18/h3-4,6-7,16H,2,5H2,1H3,(H,17,18). The van der Waals surface area contributed by atoms with Crippen LogP contribution >= 0.6 is 0 Å². The van der Waals surface area contributed by atoms with Crippen LogP contribution in [0.15, 0.2) is 24.4 Å². The Morgan fingerprint density at radius 1 is 1.44 bits per heavy atom. The van der Waals surface area contributed by atoms with Crippen molar-refractivity contribution in [1.29, 1.82) is 0 Å². The number of aromatic nitrogens is 3. The molecule has 1 aromatic carbocycles. The number of aryl methyl sites for hydroxylation is 1. The third-order valence-corrected chi connectivity index (χ3v) is 2.58. The normalized spacial score (nSPS) is 10.5. The molecule has 1 aromatic heterocycles. The molecule has 2 aromatic rings. The molecule has 0 fully saturated rings. The van der Waals surface area contributed by atoms with Gasteiger partial charge in [0.05, 0.1) is 11.9 Å². The molecule has 2 rings (SSSR count). The minimum atomic E-state index is -1.16. The van der Waals surface area contributed by atoms with Crippen molar-refractivity contribution < 1.29 is 15.0 Å². The second-order valence-corrected chi connectivity index (χ2v) is 3.88. The molecule has 0 aliphatic heterocycles. The third kappa shape index (κ3) is 2.17. The molecule has 0 saturated carbocycles. The van der Waals surface area contributed by atoms with E-state index in [1.54, 1.807) is 16.9 Å². The number of rotatable bonds is 4. The summed E-state index contributed by atoms with van der Waals surface area (Å²) in [5.74, 6) is -1.41. The van der Waals surface area contributed by atoms with Gasteiger partial charge < -0.3 is 10.2 Å². The number of phenols is 1. The topological polar surface area (TPSA) is 88.2 Å². The summed E-state index contributed by atoms with van der Waals surface area (Å²) in [6, 6.07) is 4.43. The van der Waals surface area contributed by atoms with Crippen LogP contribution in [-0.2, 0) is 6.54 Å². The highest BCUT2D eigenvalue weighted by atomic mass is 16.4. The fourth-order valence-electron chi connectivity index (χ4n) is 1.72. The van der Waals surface area contributed by atoms with Crippen LogP contribution in [0.3, 0.4) is 0 Å². The lowest BCUT2D eigenvalue weighted by Crippen LogP contribution is -2.02. The highest BCUT2D eigenvalue weighted by Gasteiger charge is 2.13. The molecule has 1 heterocycles. The number of aromatic hydroxyl groups is 1. The summed E-state index contributed by atoms with van der Waals surface area (Å²) in [5.41, 5.74) is 1.28. The van der Waals surface area contributed by atoms with Crippen molar-refractivity contribution in [1.82, 2.24) is 15.0 Å². The number of nitrogens with zero attached hydrogens (tertiary/aromatic N) is 3. The minimum absolute atomic E-state index is 0.128. The molecule has 0 bridgehead atoms. The van der Waals surface area contributed by atoms with E-state index in [9.17, 15) is 9.90 Å². The Morgan fingerprint density at radius 2 is 2.22 bits per heavy atom. The molecule has 0 radical (unpaired) electrons. The van der Waals surface area contributed by atoms with E-state index in [1.807, 2.05) is 6.92 Å². The first kappa shape index (κ1) is 12.1. The largest absolute Gasteiger partial charge is 0.507 e. The molecule has 0 amide bonds. The number of hydrogen-bond donors (Lipinski definition) is 2. The first-order valence-electron chi connectivity index (χ1n) is 5.58. The summed E-state index contributed by atoms with van der Waals surface area (Å²) in [6.45, 7) is 2.73. The summed E-state index contributed by atoms with van der Waals surface area (Å²) >= 11 is 0. The molecule has 0 saturated heterocycles. The Kier molecular flexibility index (Phi) is 3.27. The molecule has 0 unspecified atom stereocenters. The third-order valence-electron chi connectivity index (χ3n) is 2.58. The van der Waals surface area contributed by atoms with E-state index < -0.39 is 5.97 Å². The Bertz CT molecular complexity index is 578. The summed E-state index contributed by atoms with van der Waals surface area (Å²) < 4.78 is 1.71. The average Bonchev–Trinajstić information content (AvgIpc) is 2.78. The molecular formula is C12H13N3O3. The second kappa shape index (κ2) is 4.87. The van der Waals surface area contributed by atoms with Gasteiger partial charge in [-0.25, -0.2) is 9.48 Å². The summed E-state index contributed by atoms with van der Waals surface area (Å²) in [7, 11) is 0. The van der Waals surface area contributed by atoms with Crippen LogP contribution in [0.2, 0.25) is 0 Å². The zero-order valence-corrected chi connectivity index (χ0v) is 9.87. The Labute approximate surface area is 103 Å². The number of carboxylic acids is 1. The van der Waals surface area contributed by atoms with Crippen molar-refractivity contribution in [3.63, 3.8) is 0 Å². The van der Waals surface area contributed by atoms with Crippen LogP contribution in [0.25, 0.3) is 11.3 Å². The zero-order chi connectivity index (χ0) is 13.1. The average molecular weight is 247 g/mol. The summed E-state index contributed by atoms with van der Waals surface area (Å²) in [6.07, 6.45) is 2.48. The van der Waals surface area contributed by atoms with Crippen LogP contribution in [-0.4, -0.2) is 31.2 Å². The minimum Gasteiger partial charge on any atom is -0.507 e. The van der Waals surface area contributed by atoms with E-state index in [2.05, 4.69) is 10.3 Å². The van der Waals surface area contributed by atoms with E-state index in [0.717, 1.165) is 12.1 Å². The molecule has 0 aliphatic rings. The highest BCUT2D eigenvalue weighted by Crippen LogP contribution is 2.25. The van der Waals surface area contributed by atoms with Gasteiger partial charge >= 0.3 is 5.97 Å². The fourth-order valence-corrected chi connectivity index (χ4v) is 1.72. The maximum Gasteiger partial charge on any atom is 0.339 e. The van der Waals surface area contributed by atoms with Gasteiger partial charge in [-0.15, -0.1) is 5.10 Å². The molecule has 94 valence electrons. The van der Waals surface area contributed by atoms with E-state index in [1.165, 1.54) is 12.1 Å².